The van der Waals surface area contributed by atoms with Crippen molar-refractivity contribution in [3.63, 3.8) is 0 Å². The summed E-state index contributed by atoms with van der Waals surface area (Å²) in [5.74, 6) is -1.32. The van der Waals surface area contributed by atoms with Gasteiger partial charge in [-0.3, -0.25) is 9.59 Å². The third kappa shape index (κ3) is 5.87. The maximum Gasteiger partial charge on any atom is 0.408 e. The van der Waals surface area contributed by atoms with E-state index < -0.39 is 23.7 Å². The van der Waals surface area contributed by atoms with Crippen LogP contribution >= 0.6 is 0 Å². The highest BCUT2D eigenvalue weighted by Gasteiger charge is 2.30. The standard InChI is InChI=1S/C12H21N3O5/c1-12(2,3)20-11(19)14-6-9(16)15-7-4-8(10(17)18)13-5-7/h7-8,13H,4-6H2,1-3H3,(H,14,19)(H,15,16)(H,17,18)/t7-,8+/m1/s1. The minimum absolute atomic E-state index is 0.205. The van der Waals surface area contributed by atoms with Crippen LogP contribution in [0.25, 0.3) is 0 Å². The molecule has 0 unspecified atom stereocenters. The van der Waals surface area contributed by atoms with Crippen LogP contribution in [0.2, 0.25) is 0 Å². The monoisotopic (exact) mass is 287 g/mol. The van der Waals surface area contributed by atoms with Gasteiger partial charge in [0.1, 0.15) is 18.2 Å². The van der Waals surface area contributed by atoms with Crippen molar-refractivity contribution in [3.05, 3.63) is 0 Å². The molecule has 0 bridgehead atoms. The third-order valence-electron chi connectivity index (χ3n) is 2.59. The number of amides is 2. The van der Waals surface area contributed by atoms with Gasteiger partial charge in [0.25, 0.3) is 0 Å². The van der Waals surface area contributed by atoms with E-state index in [9.17, 15) is 14.4 Å². The number of hydrogen-bond donors (Lipinski definition) is 4. The SMILES string of the molecule is CC(C)(C)OC(=O)NCC(=O)N[C@H]1CN[C@H](C(=O)O)C1. The molecule has 1 saturated heterocycles. The fourth-order valence-electron chi connectivity index (χ4n) is 1.78. The molecule has 20 heavy (non-hydrogen) atoms. The fraction of sp³-hybridized carbons (Fsp3) is 0.750. The number of carboxylic acid groups (broad SMARTS) is 1. The van der Waals surface area contributed by atoms with Crippen molar-refractivity contribution in [2.24, 2.45) is 0 Å². The van der Waals surface area contributed by atoms with Gasteiger partial charge in [-0.25, -0.2) is 4.79 Å². The van der Waals surface area contributed by atoms with E-state index in [1.807, 2.05) is 0 Å². The van der Waals surface area contributed by atoms with Crippen LogP contribution in [0.15, 0.2) is 0 Å². The lowest BCUT2D eigenvalue weighted by molar-refractivity contribution is -0.139. The summed E-state index contributed by atoms with van der Waals surface area (Å²) in [6.45, 7) is 5.37. The molecule has 8 nitrogen and oxygen atoms in total. The number of ether oxygens (including phenoxy) is 1. The molecule has 1 rings (SSSR count). The molecule has 1 aliphatic heterocycles. The Hall–Kier alpha value is -1.83. The average molecular weight is 287 g/mol. The van der Waals surface area contributed by atoms with Gasteiger partial charge in [0.15, 0.2) is 0 Å². The zero-order valence-electron chi connectivity index (χ0n) is 11.9. The average Bonchev–Trinajstić information content (AvgIpc) is 2.72. The molecule has 2 atom stereocenters. The predicted octanol–water partition coefficient (Wildman–Crippen LogP) is -0.558. The maximum absolute atomic E-state index is 11.6. The first-order chi connectivity index (χ1) is 9.17. The second-order valence-corrected chi connectivity index (χ2v) is 5.65. The highest BCUT2D eigenvalue weighted by molar-refractivity contribution is 5.82. The van der Waals surface area contributed by atoms with E-state index in [1.54, 1.807) is 20.8 Å². The summed E-state index contributed by atoms with van der Waals surface area (Å²) >= 11 is 0. The molecule has 0 spiro atoms. The molecular weight excluding hydrogens is 266 g/mol. The minimum atomic E-state index is -0.936. The molecule has 0 saturated carbocycles. The Labute approximate surface area is 117 Å². The van der Waals surface area contributed by atoms with Gasteiger partial charge in [-0.2, -0.15) is 0 Å². The van der Waals surface area contributed by atoms with Crippen LogP contribution in [0.3, 0.4) is 0 Å². The van der Waals surface area contributed by atoms with E-state index in [2.05, 4.69) is 16.0 Å². The molecule has 0 aromatic carbocycles. The van der Waals surface area contributed by atoms with Gasteiger partial charge in [-0.1, -0.05) is 0 Å². The predicted molar refractivity (Wildman–Crippen MR) is 70.2 cm³/mol. The van der Waals surface area contributed by atoms with Gasteiger partial charge in [0.2, 0.25) is 5.91 Å². The second kappa shape index (κ2) is 6.56. The van der Waals surface area contributed by atoms with Crippen LogP contribution in [0, 0.1) is 0 Å². The number of hydrogen-bond acceptors (Lipinski definition) is 5. The van der Waals surface area contributed by atoms with E-state index in [0.717, 1.165) is 0 Å². The van der Waals surface area contributed by atoms with E-state index in [0.29, 0.717) is 13.0 Å². The second-order valence-electron chi connectivity index (χ2n) is 5.65. The Balaban J connectivity index is 2.25. The number of aliphatic carboxylic acids is 1. The summed E-state index contributed by atoms with van der Waals surface area (Å²) < 4.78 is 4.99. The van der Waals surface area contributed by atoms with Crippen LogP contribution in [-0.2, 0) is 14.3 Å². The molecule has 0 aromatic heterocycles. The topological polar surface area (TPSA) is 117 Å². The van der Waals surface area contributed by atoms with E-state index in [1.165, 1.54) is 0 Å². The molecule has 1 heterocycles. The van der Waals surface area contributed by atoms with E-state index >= 15 is 0 Å². The van der Waals surface area contributed by atoms with Gasteiger partial charge in [-0.15, -0.1) is 0 Å². The Bertz CT molecular complexity index is 391. The smallest absolute Gasteiger partial charge is 0.408 e. The molecule has 0 radical (unpaired) electrons. The number of carbonyl (C=O) groups is 3. The molecular formula is C12H21N3O5. The van der Waals surface area contributed by atoms with Crippen LogP contribution in [0.5, 0.6) is 0 Å². The molecule has 0 aromatic rings. The molecule has 1 aliphatic rings. The summed E-state index contributed by atoms with van der Waals surface area (Å²) in [4.78, 5) is 33.7. The van der Waals surface area contributed by atoms with Crippen molar-refractivity contribution < 1.29 is 24.2 Å². The molecule has 114 valence electrons. The normalized spacial score (nSPS) is 22.1. The van der Waals surface area contributed by atoms with Crippen molar-refractivity contribution in [1.82, 2.24) is 16.0 Å². The number of rotatable bonds is 4. The van der Waals surface area contributed by atoms with Gasteiger partial charge in [-0.05, 0) is 27.2 Å². The molecule has 4 N–H and O–H groups in total. The number of nitrogens with one attached hydrogen (secondary N) is 3. The Morgan fingerprint density at radius 3 is 2.50 bits per heavy atom. The number of alkyl carbamates (subject to hydrolysis) is 1. The number of carbonyl (C=O) groups excluding carboxylic acids is 2. The lowest BCUT2D eigenvalue weighted by Crippen LogP contribution is -2.43. The van der Waals surface area contributed by atoms with Crippen LogP contribution < -0.4 is 16.0 Å². The van der Waals surface area contributed by atoms with Crippen LogP contribution in [-0.4, -0.2) is 53.9 Å². The first-order valence-electron chi connectivity index (χ1n) is 6.40. The highest BCUT2D eigenvalue weighted by Crippen LogP contribution is 2.07. The first-order valence-corrected chi connectivity index (χ1v) is 6.40. The molecule has 2 amide bonds. The van der Waals surface area contributed by atoms with Crippen molar-refractivity contribution in [2.45, 2.75) is 44.9 Å². The molecule has 0 aliphatic carbocycles. The van der Waals surface area contributed by atoms with E-state index in [4.69, 9.17) is 9.84 Å². The fourth-order valence-corrected chi connectivity index (χ4v) is 1.78. The first kappa shape index (κ1) is 16.2. The zero-order valence-corrected chi connectivity index (χ0v) is 11.9. The summed E-state index contributed by atoms with van der Waals surface area (Å²) in [6.07, 6.45) is -0.339. The summed E-state index contributed by atoms with van der Waals surface area (Å²) in [5.41, 5.74) is -0.620. The minimum Gasteiger partial charge on any atom is -0.480 e. The molecule has 8 heteroatoms. The van der Waals surface area contributed by atoms with Crippen LogP contribution in [0.1, 0.15) is 27.2 Å². The van der Waals surface area contributed by atoms with Crippen molar-refractivity contribution in [1.29, 1.82) is 0 Å². The van der Waals surface area contributed by atoms with Crippen molar-refractivity contribution >= 4 is 18.0 Å². The lowest BCUT2D eigenvalue weighted by atomic mass is 10.2. The third-order valence-corrected chi connectivity index (χ3v) is 2.59. The highest BCUT2D eigenvalue weighted by atomic mass is 16.6. The van der Waals surface area contributed by atoms with Crippen molar-refractivity contribution in [2.75, 3.05) is 13.1 Å². The van der Waals surface area contributed by atoms with Gasteiger partial charge in [0, 0.05) is 12.6 Å². The molecule has 1 fully saturated rings. The largest absolute Gasteiger partial charge is 0.480 e. The number of carboxylic acids is 1. The van der Waals surface area contributed by atoms with Gasteiger partial charge < -0.3 is 25.8 Å². The summed E-state index contributed by atoms with van der Waals surface area (Å²) in [6, 6.07) is -0.886. The van der Waals surface area contributed by atoms with Gasteiger partial charge in [0.05, 0.1) is 0 Å². The Morgan fingerprint density at radius 1 is 1.35 bits per heavy atom. The quantitative estimate of drug-likeness (QED) is 0.551. The van der Waals surface area contributed by atoms with Gasteiger partial charge >= 0.3 is 12.1 Å². The maximum atomic E-state index is 11.6. The van der Waals surface area contributed by atoms with Crippen molar-refractivity contribution in [3.8, 4) is 0 Å². The summed E-state index contributed by atoms with van der Waals surface area (Å²) in [7, 11) is 0. The van der Waals surface area contributed by atoms with E-state index in [-0.39, 0.29) is 18.5 Å². The Morgan fingerprint density at radius 2 is 2.00 bits per heavy atom. The Kier molecular flexibility index (Phi) is 5.32. The zero-order chi connectivity index (χ0) is 15.3. The summed E-state index contributed by atoms with van der Waals surface area (Å²) in [5, 5.41) is 16.6. The van der Waals surface area contributed by atoms with Crippen LogP contribution in [0.4, 0.5) is 4.79 Å². The lowest BCUT2D eigenvalue weighted by Gasteiger charge is -2.19.